The van der Waals surface area contributed by atoms with Crippen LogP contribution in [-0.4, -0.2) is 60.4 Å². The molecule has 0 saturated heterocycles. The summed E-state index contributed by atoms with van der Waals surface area (Å²) in [7, 11) is 2.40. The van der Waals surface area contributed by atoms with Gasteiger partial charge >= 0.3 is 0 Å². The van der Waals surface area contributed by atoms with Gasteiger partial charge in [-0.3, -0.25) is 9.10 Å². The summed E-state index contributed by atoms with van der Waals surface area (Å²) in [6.45, 7) is -0.106. The van der Waals surface area contributed by atoms with E-state index in [-0.39, 0.29) is 29.7 Å². The topological polar surface area (TPSA) is 85.4 Å². The number of ether oxygens (including phenoxy) is 3. The molecular formula is C20H25ClN2O6S. The highest BCUT2D eigenvalue weighted by Crippen LogP contribution is 2.30. The zero-order valence-electron chi connectivity index (χ0n) is 17.5. The SMILES string of the molecule is COc1ccc(N(CC(=O)N(C)Cc2ccc(OC)c(OC)c2)S(C)(=O)=O)cc1Cl. The van der Waals surface area contributed by atoms with Gasteiger partial charge in [0.05, 0.1) is 38.3 Å². The average Bonchev–Trinajstić information content (AvgIpc) is 2.70. The van der Waals surface area contributed by atoms with E-state index in [2.05, 4.69) is 0 Å². The van der Waals surface area contributed by atoms with Crippen LogP contribution in [-0.2, 0) is 21.4 Å². The molecule has 0 aliphatic rings. The van der Waals surface area contributed by atoms with Gasteiger partial charge in [-0.2, -0.15) is 0 Å². The number of carbonyl (C=O) groups is 1. The first-order valence-corrected chi connectivity index (χ1v) is 11.1. The Morgan fingerprint density at radius 2 is 1.57 bits per heavy atom. The number of carbonyl (C=O) groups excluding carboxylic acids is 1. The van der Waals surface area contributed by atoms with Gasteiger partial charge in [0.1, 0.15) is 12.3 Å². The van der Waals surface area contributed by atoms with Crippen LogP contribution in [0.25, 0.3) is 0 Å². The van der Waals surface area contributed by atoms with E-state index in [1.54, 1.807) is 32.4 Å². The minimum Gasteiger partial charge on any atom is -0.495 e. The van der Waals surface area contributed by atoms with Crippen molar-refractivity contribution >= 4 is 33.2 Å². The molecule has 164 valence electrons. The molecule has 1 amide bonds. The molecule has 2 aromatic carbocycles. The molecule has 0 radical (unpaired) electrons. The van der Waals surface area contributed by atoms with Crippen LogP contribution in [0.3, 0.4) is 0 Å². The van der Waals surface area contributed by atoms with Crippen molar-refractivity contribution in [3.63, 3.8) is 0 Å². The summed E-state index contributed by atoms with van der Waals surface area (Å²) in [4.78, 5) is 14.2. The highest BCUT2D eigenvalue weighted by Gasteiger charge is 2.24. The largest absolute Gasteiger partial charge is 0.495 e. The second kappa shape index (κ2) is 9.90. The van der Waals surface area contributed by atoms with Crippen molar-refractivity contribution < 1.29 is 27.4 Å². The first-order valence-electron chi connectivity index (χ1n) is 8.86. The lowest BCUT2D eigenvalue weighted by Crippen LogP contribution is -2.41. The van der Waals surface area contributed by atoms with Crippen LogP contribution in [0.4, 0.5) is 5.69 Å². The number of rotatable bonds is 9. The number of methoxy groups -OCH3 is 3. The first-order chi connectivity index (χ1) is 14.1. The van der Waals surface area contributed by atoms with Crippen molar-refractivity contribution in [2.45, 2.75) is 6.54 Å². The van der Waals surface area contributed by atoms with Crippen molar-refractivity contribution in [2.24, 2.45) is 0 Å². The lowest BCUT2D eigenvalue weighted by molar-refractivity contribution is -0.128. The molecule has 0 bridgehead atoms. The Hall–Kier alpha value is -2.65. The summed E-state index contributed by atoms with van der Waals surface area (Å²) in [5, 5.41) is 0.245. The van der Waals surface area contributed by atoms with Gasteiger partial charge in [-0.25, -0.2) is 8.42 Å². The summed E-state index contributed by atoms with van der Waals surface area (Å²) in [5.74, 6) is 1.14. The zero-order valence-corrected chi connectivity index (χ0v) is 19.1. The molecule has 2 aromatic rings. The third-order valence-corrected chi connectivity index (χ3v) is 5.83. The Kier molecular flexibility index (Phi) is 7.80. The van der Waals surface area contributed by atoms with E-state index in [9.17, 15) is 13.2 Å². The van der Waals surface area contributed by atoms with Gasteiger partial charge in [-0.15, -0.1) is 0 Å². The first kappa shape index (κ1) is 23.6. The van der Waals surface area contributed by atoms with Crippen LogP contribution >= 0.6 is 11.6 Å². The van der Waals surface area contributed by atoms with Crippen LogP contribution in [0, 0.1) is 0 Å². The number of halogens is 1. The molecule has 0 unspecified atom stereocenters. The Labute approximate surface area is 181 Å². The van der Waals surface area contributed by atoms with Gasteiger partial charge in [-0.1, -0.05) is 17.7 Å². The molecule has 2 rings (SSSR count). The fourth-order valence-corrected chi connectivity index (χ4v) is 3.89. The maximum Gasteiger partial charge on any atom is 0.243 e. The van der Waals surface area contributed by atoms with Gasteiger partial charge < -0.3 is 19.1 Å². The van der Waals surface area contributed by atoms with Crippen LogP contribution in [0.15, 0.2) is 36.4 Å². The van der Waals surface area contributed by atoms with E-state index >= 15 is 0 Å². The van der Waals surface area contributed by atoms with E-state index in [1.807, 2.05) is 6.07 Å². The van der Waals surface area contributed by atoms with Crippen molar-refractivity contribution in [3.8, 4) is 17.2 Å². The van der Waals surface area contributed by atoms with Crippen LogP contribution < -0.4 is 18.5 Å². The summed E-state index contributed by atoms with van der Waals surface area (Å²) in [5.41, 5.74) is 1.08. The van der Waals surface area contributed by atoms with Crippen LogP contribution in [0.1, 0.15) is 5.56 Å². The number of benzene rings is 2. The Balaban J connectivity index is 2.20. The van der Waals surface area contributed by atoms with Gasteiger partial charge in [0.2, 0.25) is 15.9 Å². The monoisotopic (exact) mass is 456 g/mol. The molecule has 0 aliphatic carbocycles. The average molecular weight is 457 g/mol. The molecule has 30 heavy (non-hydrogen) atoms. The maximum absolute atomic E-state index is 12.8. The van der Waals surface area contributed by atoms with Crippen molar-refractivity contribution in [1.29, 1.82) is 0 Å². The summed E-state index contributed by atoms with van der Waals surface area (Å²) in [6.07, 6.45) is 1.03. The highest BCUT2D eigenvalue weighted by molar-refractivity contribution is 7.92. The lowest BCUT2D eigenvalue weighted by atomic mass is 10.2. The Bertz CT molecular complexity index is 1010. The Morgan fingerprint density at radius 3 is 2.10 bits per heavy atom. The molecule has 0 saturated carbocycles. The molecular weight excluding hydrogens is 432 g/mol. The molecule has 0 heterocycles. The fourth-order valence-electron chi connectivity index (χ4n) is 2.80. The molecule has 10 heteroatoms. The summed E-state index contributed by atoms with van der Waals surface area (Å²) < 4.78 is 41.2. The van der Waals surface area contributed by atoms with Crippen molar-refractivity contribution in [1.82, 2.24) is 4.90 Å². The van der Waals surface area contributed by atoms with Crippen molar-refractivity contribution in [2.75, 3.05) is 45.5 Å². The lowest BCUT2D eigenvalue weighted by Gasteiger charge is -2.25. The van der Waals surface area contributed by atoms with Gasteiger partial charge in [0.15, 0.2) is 11.5 Å². The molecule has 0 fully saturated rings. The number of amides is 1. The minimum atomic E-state index is -3.73. The Morgan fingerprint density at radius 1 is 0.967 bits per heavy atom. The van der Waals surface area contributed by atoms with E-state index < -0.39 is 10.0 Å². The third kappa shape index (κ3) is 5.70. The van der Waals surface area contributed by atoms with Crippen molar-refractivity contribution in [3.05, 3.63) is 47.0 Å². The predicted molar refractivity (Wildman–Crippen MR) is 116 cm³/mol. The number of nitrogens with zero attached hydrogens (tertiary/aromatic N) is 2. The van der Waals surface area contributed by atoms with Gasteiger partial charge in [-0.05, 0) is 35.9 Å². The smallest absolute Gasteiger partial charge is 0.243 e. The molecule has 8 nitrogen and oxygen atoms in total. The molecule has 0 aliphatic heterocycles. The highest BCUT2D eigenvalue weighted by atomic mass is 35.5. The van der Waals surface area contributed by atoms with E-state index in [0.717, 1.165) is 16.1 Å². The summed E-state index contributed by atoms with van der Waals surface area (Å²) >= 11 is 6.12. The quantitative estimate of drug-likeness (QED) is 0.576. The second-order valence-electron chi connectivity index (χ2n) is 6.53. The van der Waals surface area contributed by atoms with Gasteiger partial charge in [0, 0.05) is 13.6 Å². The number of hydrogen-bond acceptors (Lipinski definition) is 6. The van der Waals surface area contributed by atoms with Crippen LogP contribution in [0.5, 0.6) is 17.2 Å². The molecule has 0 atom stereocenters. The zero-order chi connectivity index (χ0) is 22.5. The fraction of sp³-hybridized carbons (Fsp3) is 0.350. The number of likely N-dealkylation sites (N-methyl/N-ethyl adjacent to an activating group) is 1. The van der Waals surface area contributed by atoms with E-state index in [4.69, 9.17) is 25.8 Å². The number of sulfonamides is 1. The predicted octanol–water partition coefficient (Wildman–Crippen LogP) is 2.79. The molecule has 0 N–H and O–H groups in total. The second-order valence-corrected chi connectivity index (χ2v) is 8.84. The number of anilines is 1. The molecule has 0 aromatic heterocycles. The van der Waals surface area contributed by atoms with Gasteiger partial charge in [0.25, 0.3) is 0 Å². The maximum atomic E-state index is 12.8. The standard InChI is InChI=1S/C20H25ClN2O6S/c1-22(12-14-6-8-18(28-3)19(10-14)29-4)20(24)13-23(30(5,25)26)15-7-9-17(27-2)16(21)11-15/h6-11H,12-13H2,1-5H3. The van der Waals surface area contributed by atoms with E-state index in [0.29, 0.717) is 17.2 Å². The summed E-state index contributed by atoms with van der Waals surface area (Å²) in [6, 6.07) is 9.85. The third-order valence-electron chi connectivity index (χ3n) is 4.40. The number of hydrogen-bond donors (Lipinski definition) is 0. The normalized spacial score (nSPS) is 11.0. The minimum absolute atomic E-state index is 0.245. The van der Waals surface area contributed by atoms with E-state index in [1.165, 1.54) is 31.3 Å². The van der Waals surface area contributed by atoms with Crippen LogP contribution in [0.2, 0.25) is 5.02 Å². The molecule has 0 spiro atoms.